The molecule has 5 rings (SSSR count). The number of piperidine rings is 1. The first kappa shape index (κ1) is 26.2. The van der Waals surface area contributed by atoms with E-state index in [2.05, 4.69) is 28.7 Å². The topological polar surface area (TPSA) is 94.8 Å². The Labute approximate surface area is 229 Å². The highest BCUT2D eigenvalue weighted by atomic mass is 16.5. The Balaban J connectivity index is 1.31. The molecule has 9 heteroatoms. The normalized spacial score (nSPS) is 17.3. The van der Waals surface area contributed by atoms with Gasteiger partial charge in [0.1, 0.15) is 11.5 Å². The largest absolute Gasteiger partial charge is 0.457 e. The number of benzene rings is 2. The molecule has 3 heterocycles. The number of para-hydroxylation sites is 1. The minimum Gasteiger partial charge on any atom is -0.457 e. The quantitative estimate of drug-likeness (QED) is 0.425. The Kier molecular flexibility index (Phi) is 7.75. The monoisotopic (exact) mass is 526 g/mol. The maximum Gasteiger partial charge on any atom is 0.411 e. The molecule has 1 aromatic heterocycles. The van der Waals surface area contributed by atoms with E-state index in [1.165, 1.54) is 0 Å². The average molecular weight is 527 g/mol. The molecule has 3 aromatic rings. The Bertz CT molecular complexity index is 1390. The van der Waals surface area contributed by atoms with Crippen molar-refractivity contribution in [2.75, 3.05) is 56.0 Å². The van der Waals surface area contributed by atoms with Crippen LogP contribution in [-0.4, -0.2) is 56.0 Å². The Hall–Kier alpha value is -4.42. The van der Waals surface area contributed by atoms with E-state index in [4.69, 9.17) is 9.47 Å². The molecule has 2 aliphatic heterocycles. The summed E-state index contributed by atoms with van der Waals surface area (Å²) >= 11 is 0. The maximum absolute atomic E-state index is 12.7. The van der Waals surface area contributed by atoms with Gasteiger partial charge in [0.15, 0.2) is 0 Å². The summed E-state index contributed by atoms with van der Waals surface area (Å²) in [5.41, 5.74) is 4.43. The van der Waals surface area contributed by atoms with Gasteiger partial charge >= 0.3 is 6.09 Å². The van der Waals surface area contributed by atoms with Crippen molar-refractivity contribution >= 4 is 23.2 Å². The van der Waals surface area contributed by atoms with Gasteiger partial charge in [-0.2, -0.15) is 5.26 Å². The number of nitriles is 1. The maximum atomic E-state index is 12.7. The first-order chi connectivity index (χ1) is 18.9. The molecule has 0 saturated carbocycles. The van der Waals surface area contributed by atoms with Crippen LogP contribution in [0, 0.1) is 24.2 Å². The van der Waals surface area contributed by atoms with Crippen LogP contribution in [0.2, 0.25) is 0 Å². The van der Waals surface area contributed by atoms with E-state index < -0.39 is 6.09 Å². The second-order valence-electron chi connectivity index (χ2n) is 10.2. The lowest BCUT2D eigenvalue weighted by atomic mass is 10.00. The van der Waals surface area contributed by atoms with Gasteiger partial charge in [-0.05, 0) is 69.8 Å². The van der Waals surface area contributed by atoms with E-state index in [1.807, 2.05) is 84.5 Å². The molecule has 202 valence electrons. The lowest BCUT2D eigenvalue weighted by molar-refractivity contribution is 0.107. The van der Waals surface area contributed by atoms with E-state index in [0.717, 1.165) is 48.6 Å². The molecule has 9 nitrogen and oxygen atoms in total. The second kappa shape index (κ2) is 11.5. The third kappa shape index (κ3) is 6.02. The number of anilines is 2. The highest BCUT2D eigenvalue weighted by molar-refractivity contribution is 5.90. The minimum atomic E-state index is -0.468. The minimum absolute atomic E-state index is 0.352. The zero-order chi connectivity index (χ0) is 27.4. The van der Waals surface area contributed by atoms with Crippen molar-refractivity contribution in [2.24, 2.45) is 5.92 Å². The van der Waals surface area contributed by atoms with Gasteiger partial charge in [-0.1, -0.05) is 18.2 Å². The SMILES string of the molecule is Cc1c(NC(=O)OCC2CCCN(C)C2)cn2c1C(Nc1ccc(Oc3ccccc3)cc1)=C(C#N)CN2C. The molecule has 2 aliphatic rings. The van der Waals surface area contributed by atoms with Gasteiger partial charge in [0.25, 0.3) is 0 Å². The van der Waals surface area contributed by atoms with Crippen LogP contribution < -0.4 is 20.4 Å². The number of likely N-dealkylation sites (tertiary alicyclic amines) is 1. The summed E-state index contributed by atoms with van der Waals surface area (Å²) in [5.74, 6) is 1.83. The molecule has 2 aromatic carbocycles. The van der Waals surface area contributed by atoms with Gasteiger partial charge in [0.2, 0.25) is 0 Å². The number of hydrogen-bond acceptors (Lipinski definition) is 7. The third-order valence-corrected chi connectivity index (χ3v) is 7.18. The zero-order valence-corrected chi connectivity index (χ0v) is 22.6. The van der Waals surface area contributed by atoms with E-state index in [9.17, 15) is 10.1 Å². The van der Waals surface area contributed by atoms with Gasteiger partial charge in [-0.25, -0.2) is 4.79 Å². The van der Waals surface area contributed by atoms with E-state index >= 15 is 0 Å². The number of aromatic nitrogens is 1. The fraction of sp³-hybridized carbons (Fsp3) is 0.333. The number of carbonyl (C=O) groups is 1. The van der Waals surface area contributed by atoms with Gasteiger partial charge in [0, 0.05) is 30.8 Å². The third-order valence-electron chi connectivity index (χ3n) is 7.18. The molecule has 1 unspecified atom stereocenters. The molecular weight excluding hydrogens is 492 g/mol. The van der Waals surface area contributed by atoms with Crippen molar-refractivity contribution < 1.29 is 14.3 Å². The molecule has 1 amide bonds. The van der Waals surface area contributed by atoms with Crippen LogP contribution in [-0.2, 0) is 4.74 Å². The number of nitrogens with zero attached hydrogens (tertiary/aromatic N) is 4. The summed E-state index contributed by atoms with van der Waals surface area (Å²) in [6.07, 6.45) is 3.59. The van der Waals surface area contributed by atoms with Crippen molar-refractivity contribution in [3.8, 4) is 17.6 Å². The molecule has 0 radical (unpaired) electrons. The predicted octanol–water partition coefficient (Wildman–Crippen LogP) is 5.41. The van der Waals surface area contributed by atoms with Crippen LogP contribution in [0.3, 0.4) is 0 Å². The number of ether oxygens (including phenoxy) is 2. The van der Waals surface area contributed by atoms with Crippen LogP contribution >= 0.6 is 0 Å². The summed E-state index contributed by atoms with van der Waals surface area (Å²) in [5, 5.41) is 18.2. The zero-order valence-electron chi connectivity index (χ0n) is 22.6. The highest BCUT2D eigenvalue weighted by Crippen LogP contribution is 2.34. The van der Waals surface area contributed by atoms with Gasteiger partial charge in [0.05, 0.1) is 48.1 Å². The van der Waals surface area contributed by atoms with Crippen LogP contribution in [0.5, 0.6) is 11.5 Å². The summed E-state index contributed by atoms with van der Waals surface area (Å²) in [4.78, 5) is 15.0. The molecule has 0 aliphatic carbocycles. The molecule has 1 saturated heterocycles. The van der Waals surface area contributed by atoms with Gasteiger partial charge in [-0.3, -0.25) is 9.99 Å². The van der Waals surface area contributed by atoms with Crippen molar-refractivity contribution in [3.05, 3.63) is 77.6 Å². The standard InChI is InChI=1S/C30H34N6O3/c1-21-27(33-30(37)38-20-22-8-7-15-34(2)17-22)19-36-29(21)28(23(16-31)18-35(36)3)32-24-11-13-26(14-12-24)39-25-9-5-4-6-10-25/h4-6,9-14,19,22,32H,7-8,15,17-18,20H2,1-3H3,(H,33,37). The summed E-state index contributed by atoms with van der Waals surface area (Å²) in [7, 11) is 4.01. The van der Waals surface area contributed by atoms with E-state index in [-0.39, 0.29) is 0 Å². The first-order valence-electron chi connectivity index (χ1n) is 13.2. The molecule has 0 spiro atoms. The first-order valence-corrected chi connectivity index (χ1v) is 13.2. The fourth-order valence-electron chi connectivity index (χ4n) is 5.16. The molecule has 39 heavy (non-hydrogen) atoms. The smallest absolute Gasteiger partial charge is 0.411 e. The Morgan fingerprint density at radius 1 is 1.10 bits per heavy atom. The fourth-order valence-corrected chi connectivity index (χ4v) is 5.16. The number of hydrogen-bond donors (Lipinski definition) is 2. The number of fused-ring (bicyclic) bond motifs is 1. The van der Waals surface area contributed by atoms with Crippen LogP contribution in [0.4, 0.5) is 16.2 Å². The van der Waals surface area contributed by atoms with Crippen LogP contribution in [0.15, 0.2) is 66.4 Å². The summed E-state index contributed by atoms with van der Waals surface area (Å²) in [6.45, 7) is 4.79. The van der Waals surface area contributed by atoms with Crippen molar-refractivity contribution in [2.45, 2.75) is 19.8 Å². The molecule has 2 N–H and O–H groups in total. The van der Waals surface area contributed by atoms with E-state index in [0.29, 0.717) is 41.8 Å². The molecule has 1 atom stereocenters. The molecule has 0 bridgehead atoms. The number of nitrogens with one attached hydrogen (secondary N) is 2. The second-order valence-corrected chi connectivity index (χ2v) is 10.2. The van der Waals surface area contributed by atoms with Crippen molar-refractivity contribution in [1.82, 2.24) is 9.58 Å². The van der Waals surface area contributed by atoms with Crippen LogP contribution in [0.25, 0.3) is 5.70 Å². The molecular formula is C30H34N6O3. The summed E-state index contributed by atoms with van der Waals surface area (Å²) in [6, 6.07) is 19.6. The Morgan fingerprint density at radius 2 is 1.85 bits per heavy atom. The highest BCUT2D eigenvalue weighted by Gasteiger charge is 2.28. The van der Waals surface area contributed by atoms with Gasteiger partial charge < -0.3 is 24.7 Å². The Morgan fingerprint density at radius 3 is 2.56 bits per heavy atom. The lowest BCUT2D eigenvalue weighted by Crippen LogP contribution is -2.37. The predicted molar refractivity (Wildman–Crippen MR) is 152 cm³/mol. The molecule has 1 fully saturated rings. The number of likely N-dealkylation sites (N-methyl/N-ethyl adjacent to an activating group) is 1. The lowest BCUT2D eigenvalue weighted by Gasteiger charge is -2.30. The van der Waals surface area contributed by atoms with E-state index in [1.54, 1.807) is 0 Å². The van der Waals surface area contributed by atoms with Crippen LogP contribution in [0.1, 0.15) is 24.1 Å². The number of carbonyl (C=O) groups excluding carboxylic acids is 1. The van der Waals surface area contributed by atoms with Crippen molar-refractivity contribution in [1.29, 1.82) is 5.26 Å². The number of rotatable bonds is 7. The number of amides is 1. The summed E-state index contributed by atoms with van der Waals surface area (Å²) < 4.78 is 13.4. The average Bonchev–Trinajstić information content (AvgIpc) is 3.27. The van der Waals surface area contributed by atoms with Gasteiger partial charge in [-0.15, -0.1) is 0 Å². The van der Waals surface area contributed by atoms with Crippen molar-refractivity contribution in [3.63, 3.8) is 0 Å².